The highest BCUT2D eigenvalue weighted by molar-refractivity contribution is 8.14. The molecule has 1 spiro atoms. The van der Waals surface area contributed by atoms with Crippen LogP contribution in [-0.2, 0) is 9.59 Å². The van der Waals surface area contributed by atoms with Crippen LogP contribution in [0.4, 0.5) is 10.5 Å². The predicted octanol–water partition coefficient (Wildman–Crippen LogP) is 3.42. The number of benzene rings is 1. The number of imide groups is 1. The van der Waals surface area contributed by atoms with Gasteiger partial charge in [-0.15, -0.1) is 0 Å². The first-order chi connectivity index (χ1) is 13.9. The zero-order valence-corrected chi connectivity index (χ0v) is 17.8. The highest BCUT2D eigenvalue weighted by Crippen LogP contribution is 2.35. The number of hydrogen-bond acceptors (Lipinski definition) is 5. The predicted molar refractivity (Wildman–Crippen MR) is 114 cm³/mol. The molecule has 9 heteroatoms. The lowest BCUT2D eigenvalue weighted by atomic mass is 9.98. The fourth-order valence-corrected chi connectivity index (χ4v) is 5.23. The van der Waals surface area contributed by atoms with Crippen molar-refractivity contribution in [2.24, 2.45) is 4.99 Å². The number of carbonyl (C=O) groups excluding carboxylic acids is 3. The molecule has 1 aliphatic carbocycles. The monoisotopic (exact) mass is 434 g/mol. The third-order valence-corrected chi connectivity index (χ3v) is 7.01. The number of rotatable bonds is 4. The molecule has 0 bridgehead atoms. The summed E-state index contributed by atoms with van der Waals surface area (Å²) in [5.41, 5.74) is -0.0826. The standard InChI is InChI=1S/C20H23ClN4O3S/c1-13-12-29-19(22-13)25(15-6-4-14(21)5-7-15)16(26)8-11-24-17(27)20(23-18(24)28)9-2-3-10-20/h4-7,13H,2-3,8-12H2,1H3,(H,23,28)/t13-/m1/s1. The van der Waals surface area contributed by atoms with E-state index in [4.69, 9.17) is 11.6 Å². The van der Waals surface area contributed by atoms with Crippen LogP contribution in [0.25, 0.3) is 0 Å². The van der Waals surface area contributed by atoms with Crippen LogP contribution in [0.2, 0.25) is 5.02 Å². The van der Waals surface area contributed by atoms with Crippen molar-refractivity contribution >= 4 is 52.1 Å². The summed E-state index contributed by atoms with van der Waals surface area (Å²) in [6.45, 7) is 2.06. The minimum absolute atomic E-state index is 0.0336. The van der Waals surface area contributed by atoms with Gasteiger partial charge in [0.15, 0.2) is 5.17 Å². The molecule has 1 saturated carbocycles. The van der Waals surface area contributed by atoms with E-state index in [0.717, 1.165) is 18.6 Å². The van der Waals surface area contributed by atoms with Crippen molar-refractivity contribution in [2.75, 3.05) is 17.2 Å². The molecule has 0 aromatic heterocycles. The van der Waals surface area contributed by atoms with Gasteiger partial charge in [0, 0.05) is 23.7 Å². The zero-order valence-electron chi connectivity index (χ0n) is 16.2. The highest BCUT2D eigenvalue weighted by atomic mass is 35.5. The number of amides is 4. The largest absolute Gasteiger partial charge is 0.325 e. The molecule has 4 amide bonds. The van der Waals surface area contributed by atoms with Gasteiger partial charge in [-0.1, -0.05) is 36.2 Å². The van der Waals surface area contributed by atoms with Crippen LogP contribution < -0.4 is 10.2 Å². The molecule has 2 fully saturated rings. The summed E-state index contributed by atoms with van der Waals surface area (Å²) in [4.78, 5) is 45.6. The number of nitrogens with zero attached hydrogens (tertiary/aromatic N) is 3. The van der Waals surface area contributed by atoms with Gasteiger partial charge in [-0.2, -0.15) is 0 Å². The summed E-state index contributed by atoms with van der Waals surface area (Å²) in [6, 6.07) is 6.72. The first-order valence-electron chi connectivity index (χ1n) is 9.83. The number of amidine groups is 1. The van der Waals surface area contributed by atoms with Crippen LogP contribution in [0.5, 0.6) is 0 Å². The Hall–Kier alpha value is -2.06. The normalized spacial score (nSPS) is 22.9. The summed E-state index contributed by atoms with van der Waals surface area (Å²) >= 11 is 7.51. The molecule has 1 aromatic carbocycles. The molecule has 1 aromatic rings. The van der Waals surface area contributed by atoms with Crippen molar-refractivity contribution < 1.29 is 14.4 Å². The number of thioether (sulfide) groups is 1. The van der Waals surface area contributed by atoms with E-state index < -0.39 is 11.6 Å². The molecule has 154 valence electrons. The maximum absolute atomic E-state index is 13.1. The van der Waals surface area contributed by atoms with Gasteiger partial charge in [-0.05, 0) is 44.0 Å². The van der Waals surface area contributed by atoms with Crippen molar-refractivity contribution in [3.05, 3.63) is 29.3 Å². The molecule has 4 rings (SSSR count). The van der Waals surface area contributed by atoms with Gasteiger partial charge in [-0.25, -0.2) is 4.79 Å². The lowest BCUT2D eigenvalue weighted by Crippen LogP contribution is -2.44. The fourth-order valence-electron chi connectivity index (χ4n) is 4.05. The Bertz CT molecular complexity index is 867. The van der Waals surface area contributed by atoms with Crippen molar-refractivity contribution in [1.82, 2.24) is 10.2 Å². The second kappa shape index (κ2) is 7.99. The van der Waals surface area contributed by atoms with Gasteiger partial charge in [0.25, 0.3) is 5.91 Å². The number of carbonyl (C=O) groups is 3. The molecular weight excluding hydrogens is 412 g/mol. The Labute approximate surface area is 178 Å². The molecule has 0 unspecified atom stereocenters. The van der Waals surface area contributed by atoms with Crippen molar-refractivity contribution in [3.63, 3.8) is 0 Å². The van der Waals surface area contributed by atoms with Crippen molar-refractivity contribution in [3.8, 4) is 0 Å². The summed E-state index contributed by atoms with van der Waals surface area (Å²) in [7, 11) is 0. The van der Waals surface area contributed by atoms with Crippen LogP contribution >= 0.6 is 23.4 Å². The molecular formula is C20H23ClN4O3S. The average Bonchev–Trinajstić information content (AvgIpc) is 3.38. The van der Waals surface area contributed by atoms with Gasteiger partial charge in [0.2, 0.25) is 5.91 Å². The molecule has 1 N–H and O–H groups in total. The van der Waals surface area contributed by atoms with Crippen LogP contribution in [0, 0.1) is 0 Å². The van der Waals surface area contributed by atoms with Crippen LogP contribution in [0.1, 0.15) is 39.0 Å². The van der Waals surface area contributed by atoms with Crippen LogP contribution in [0.15, 0.2) is 29.3 Å². The van der Waals surface area contributed by atoms with E-state index in [1.165, 1.54) is 16.7 Å². The Morgan fingerprint density at radius 2 is 2.00 bits per heavy atom. The number of urea groups is 1. The molecule has 0 radical (unpaired) electrons. The summed E-state index contributed by atoms with van der Waals surface area (Å²) in [5, 5.41) is 4.06. The second-order valence-electron chi connectivity index (χ2n) is 7.70. The van der Waals surface area contributed by atoms with E-state index >= 15 is 0 Å². The lowest BCUT2D eigenvalue weighted by molar-refractivity contribution is -0.131. The number of nitrogens with one attached hydrogen (secondary N) is 1. The third kappa shape index (κ3) is 3.88. The van der Waals surface area contributed by atoms with E-state index in [0.29, 0.717) is 28.7 Å². The molecule has 29 heavy (non-hydrogen) atoms. The summed E-state index contributed by atoms with van der Waals surface area (Å²) in [6.07, 6.45) is 3.23. The summed E-state index contributed by atoms with van der Waals surface area (Å²) < 4.78 is 0. The quantitative estimate of drug-likeness (QED) is 0.736. The van der Waals surface area contributed by atoms with E-state index in [2.05, 4.69) is 10.3 Å². The van der Waals surface area contributed by atoms with Gasteiger partial charge in [0.05, 0.1) is 11.7 Å². The number of anilines is 1. The molecule has 1 atom stereocenters. The molecule has 3 aliphatic rings. The minimum Gasteiger partial charge on any atom is -0.323 e. The lowest BCUT2D eigenvalue weighted by Gasteiger charge is -2.23. The van der Waals surface area contributed by atoms with E-state index in [1.807, 2.05) is 6.92 Å². The van der Waals surface area contributed by atoms with Crippen LogP contribution in [0.3, 0.4) is 0 Å². The minimum atomic E-state index is -0.753. The molecule has 1 saturated heterocycles. The van der Waals surface area contributed by atoms with Crippen LogP contribution in [-0.4, -0.2) is 51.8 Å². The molecule has 2 heterocycles. The first-order valence-corrected chi connectivity index (χ1v) is 11.2. The average molecular weight is 435 g/mol. The van der Waals surface area contributed by atoms with Gasteiger partial charge in [0.1, 0.15) is 5.54 Å². The SMILES string of the molecule is C[C@@H]1CSC(N(C(=O)CCN2C(=O)NC3(CCCC3)C2=O)c2ccc(Cl)cc2)=N1. The second-order valence-corrected chi connectivity index (χ2v) is 9.13. The summed E-state index contributed by atoms with van der Waals surface area (Å²) in [5.74, 6) is 0.398. The van der Waals surface area contributed by atoms with Crippen molar-refractivity contribution in [2.45, 2.75) is 50.6 Å². The van der Waals surface area contributed by atoms with Gasteiger partial charge in [-0.3, -0.25) is 24.4 Å². The Morgan fingerprint density at radius 3 is 2.62 bits per heavy atom. The van der Waals surface area contributed by atoms with Gasteiger partial charge < -0.3 is 5.32 Å². The maximum atomic E-state index is 13.1. The van der Waals surface area contributed by atoms with E-state index in [1.54, 1.807) is 29.2 Å². The molecule has 7 nitrogen and oxygen atoms in total. The Kier molecular flexibility index (Phi) is 5.57. The Balaban J connectivity index is 1.50. The number of aliphatic imine (C=N–C) groups is 1. The van der Waals surface area contributed by atoms with E-state index in [-0.39, 0.29) is 30.8 Å². The smallest absolute Gasteiger partial charge is 0.323 e. The zero-order chi connectivity index (χ0) is 20.6. The van der Waals surface area contributed by atoms with Crippen molar-refractivity contribution in [1.29, 1.82) is 0 Å². The molecule has 2 aliphatic heterocycles. The topological polar surface area (TPSA) is 82.1 Å². The maximum Gasteiger partial charge on any atom is 0.325 e. The number of hydrogen-bond donors (Lipinski definition) is 1. The fraction of sp³-hybridized carbons (Fsp3) is 0.500. The number of halogens is 1. The highest BCUT2D eigenvalue weighted by Gasteiger charge is 2.52. The Morgan fingerprint density at radius 1 is 1.31 bits per heavy atom. The van der Waals surface area contributed by atoms with E-state index in [9.17, 15) is 14.4 Å². The van der Waals surface area contributed by atoms with Gasteiger partial charge >= 0.3 is 6.03 Å². The first kappa shape index (κ1) is 20.2. The third-order valence-electron chi connectivity index (χ3n) is 5.56.